The molecule has 0 aromatic carbocycles. The Balaban J connectivity index is 4.03. The Hall–Kier alpha value is -3.84. The number of carbonyl (C=O) groups excluding carboxylic acids is 2. The second-order valence-corrected chi connectivity index (χ2v) is 3.21. The van der Waals surface area contributed by atoms with Gasteiger partial charge in [0.1, 0.15) is 0 Å². The molecule has 0 amide bonds. The molecule has 0 aliphatic carbocycles. The first-order valence-corrected chi connectivity index (χ1v) is 5.21. The molecule has 12 N–H and O–H groups in total. The number of hydroxylamine groups is 2. The third kappa shape index (κ3) is 10.1. The topological polar surface area (TPSA) is 248 Å². The van der Waals surface area contributed by atoms with Crippen molar-refractivity contribution in [1.82, 2.24) is 21.6 Å². The summed E-state index contributed by atoms with van der Waals surface area (Å²) in [5.41, 5.74) is 13.4. The standard InChI is InChI=1S/C8H14N10O4/c9-5(10)15-7(13)17-21-3(19)1-2-4(20)22-18-8(14)16-6(11)12/h1-2H,(H6,9,10,13,15,17)(H6,11,12,14,16,18)/b2-1-. The van der Waals surface area contributed by atoms with Crippen LogP contribution in [0.4, 0.5) is 0 Å². The molecular formula is C8H14N10O4. The lowest BCUT2D eigenvalue weighted by Gasteiger charge is -2.07. The lowest BCUT2D eigenvalue weighted by molar-refractivity contribution is -0.144. The predicted molar refractivity (Wildman–Crippen MR) is 73.1 cm³/mol. The van der Waals surface area contributed by atoms with Gasteiger partial charge in [-0.25, -0.2) is 9.59 Å². The first-order chi connectivity index (χ1) is 10.2. The van der Waals surface area contributed by atoms with E-state index in [1.807, 2.05) is 21.6 Å². The van der Waals surface area contributed by atoms with Crippen molar-refractivity contribution in [1.29, 1.82) is 21.6 Å². The highest BCUT2D eigenvalue weighted by Gasteiger charge is 2.04. The van der Waals surface area contributed by atoms with Gasteiger partial charge in [0.2, 0.25) is 11.9 Å². The van der Waals surface area contributed by atoms with Crippen LogP contribution in [0.1, 0.15) is 0 Å². The molecule has 0 aliphatic heterocycles. The number of nitrogens with one attached hydrogen (secondary N) is 8. The molecule has 0 radical (unpaired) electrons. The first-order valence-electron chi connectivity index (χ1n) is 5.21. The number of hydrogen-bond acceptors (Lipinski definition) is 8. The van der Waals surface area contributed by atoms with Gasteiger partial charge in [-0.3, -0.25) is 32.3 Å². The predicted octanol–water partition coefficient (Wildman–Crippen LogP) is -3.53. The number of carbonyl (C=O) groups is 2. The Bertz CT molecular complexity index is 481. The van der Waals surface area contributed by atoms with E-state index in [4.69, 9.17) is 33.1 Å². The van der Waals surface area contributed by atoms with Crippen LogP contribution in [0.3, 0.4) is 0 Å². The van der Waals surface area contributed by atoms with Crippen molar-refractivity contribution in [3.8, 4) is 0 Å². The number of guanidine groups is 4. The maximum atomic E-state index is 11.1. The molecular weight excluding hydrogens is 300 g/mol. The summed E-state index contributed by atoms with van der Waals surface area (Å²) < 4.78 is 0. The van der Waals surface area contributed by atoms with Crippen LogP contribution in [-0.2, 0) is 19.3 Å². The van der Waals surface area contributed by atoms with Gasteiger partial charge in [-0.05, 0) is 0 Å². The van der Waals surface area contributed by atoms with Crippen LogP contribution in [0.25, 0.3) is 0 Å². The molecule has 0 heterocycles. The van der Waals surface area contributed by atoms with E-state index < -0.39 is 35.8 Å². The van der Waals surface area contributed by atoms with E-state index in [2.05, 4.69) is 9.68 Å². The van der Waals surface area contributed by atoms with Crippen LogP contribution in [-0.4, -0.2) is 35.8 Å². The summed E-state index contributed by atoms with van der Waals surface area (Å²) in [5.74, 6) is -4.32. The van der Waals surface area contributed by atoms with Gasteiger partial charge in [-0.2, -0.15) is 11.0 Å². The molecule has 0 aromatic rings. The highest BCUT2D eigenvalue weighted by atomic mass is 16.7. The molecule has 0 aliphatic rings. The van der Waals surface area contributed by atoms with Crippen LogP contribution in [0.5, 0.6) is 0 Å². The van der Waals surface area contributed by atoms with Gasteiger partial charge in [-0.1, -0.05) is 0 Å². The first kappa shape index (κ1) is 18.2. The van der Waals surface area contributed by atoms with Crippen LogP contribution in [0.2, 0.25) is 0 Å². The molecule has 22 heavy (non-hydrogen) atoms. The molecule has 120 valence electrons. The van der Waals surface area contributed by atoms with Gasteiger partial charge in [0, 0.05) is 12.2 Å². The van der Waals surface area contributed by atoms with Crippen molar-refractivity contribution in [2.24, 2.45) is 11.5 Å². The van der Waals surface area contributed by atoms with Gasteiger partial charge in [0.25, 0.3) is 0 Å². The fraction of sp³-hybridized carbons (Fsp3) is 0. The molecule has 0 spiro atoms. The third-order valence-corrected chi connectivity index (χ3v) is 1.38. The number of nitrogens with two attached hydrogens (primary N) is 2. The minimum absolute atomic E-state index is 0.541. The van der Waals surface area contributed by atoms with Crippen molar-refractivity contribution in [2.75, 3.05) is 0 Å². The van der Waals surface area contributed by atoms with E-state index in [1.54, 1.807) is 0 Å². The maximum Gasteiger partial charge on any atom is 0.356 e. The van der Waals surface area contributed by atoms with Crippen molar-refractivity contribution < 1.29 is 19.3 Å². The van der Waals surface area contributed by atoms with Gasteiger partial charge < -0.3 is 21.1 Å². The van der Waals surface area contributed by atoms with Crippen molar-refractivity contribution >= 4 is 35.8 Å². The average molecular weight is 314 g/mol. The van der Waals surface area contributed by atoms with Crippen molar-refractivity contribution in [2.45, 2.75) is 0 Å². The van der Waals surface area contributed by atoms with E-state index in [1.165, 1.54) is 0 Å². The number of rotatable bonds is 2. The molecule has 0 aromatic heterocycles. The monoisotopic (exact) mass is 314 g/mol. The summed E-state index contributed by atoms with van der Waals surface area (Å²) in [4.78, 5) is 30.8. The van der Waals surface area contributed by atoms with E-state index in [0.717, 1.165) is 0 Å². The molecule has 0 saturated heterocycles. The molecule has 14 nitrogen and oxygen atoms in total. The second-order valence-electron chi connectivity index (χ2n) is 3.21. The SMILES string of the molecule is N=C(N)NC(=N)NOC(=O)/C=C\C(=O)ONC(=N)NC(=N)N. The largest absolute Gasteiger partial charge is 0.370 e. The van der Waals surface area contributed by atoms with Crippen LogP contribution >= 0.6 is 0 Å². The quantitative estimate of drug-likeness (QED) is 0.104. The lowest BCUT2D eigenvalue weighted by atomic mass is 10.5. The van der Waals surface area contributed by atoms with Crippen LogP contribution in [0, 0.1) is 21.6 Å². The minimum atomic E-state index is -1.05. The maximum absolute atomic E-state index is 11.1. The van der Waals surface area contributed by atoms with Gasteiger partial charge in [0.05, 0.1) is 0 Å². The van der Waals surface area contributed by atoms with E-state index >= 15 is 0 Å². The van der Waals surface area contributed by atoms with Crippen molar-refractivity contribution in [3.05, 3.63) is 12.2 Å². The molecule has 14 heteroatoms. The van der Waals surface area contributed by atoms with Crippen molar-refractivity contribution in [3.63, 3.8) is 0 Å². The highest BCUT2D eigenvalue weighted by Crippen LogP contribution is 1.82. The average Bonchev–Trinajstić information content (AvgIpc) is 2.39. The van der Waals surface area contributed by atoms with E-state index in [9.17, 15) is 9.59 Å². The zero-order valence-corrected chi connectivity index (χ0v) is 10.9. The zero-order valence-electron chi connectivity index (χ0n) is 10.9. The summed E-state index contributed by atoms with van der Waals surface area (Å²) in [7, 11) is 0. The fourth-order valence-corrected chi connectivity index (χ4v) is 0.727. The van der Waals surface area contributed by atoms with Crippen LogP contribution < -0.4 is 33.1 Å². The Kier molecular flexibility index (Phi) is 7.53. The Morgan fingerprint density at radius 3 is 1.36 bits per heavy atom. The second kappa shape index (κ2) is 9.13. The summed E-state index contributed by atoms with van der Waals surface area (Å²) in [6.45, 7) is 0. The van der Waals surface area contributed by atoms with Gasteiger partial charge >= 0.3 is 11.9 Å². The molecule has 0 saturated carbocycles. The van der Waals surface area contributed by atoms with Crippen LogP contribution in [0.15, 0.2) is 12.2 Å². The van der Waals surface area contributed by atoms with Gasteiger partial charge in [-0.15, -0.1) is 0 Å². The molecule has 0 unspecified atom stereocenters. The number of hydrogen-bond donors (Lipinski definition) is 10. The summed E-state index contributed by atoms with van der Waals surface area (Å²) in [6, 6.07) is 0. The zero-order chi connectivity index (χ0) is 17.1. The lowest BCUT2D eigenvalue weighted by Crippen LogP contribution is -2.44. The highest BCUT2D eigenvalue weighted by molar-refractivity contribution is 5.97. The van der Waals surface area contributed by atoms with Gasteiger partial charge in [0.15, 0.2) is 11.9 Å². The normalized spacial score (nSPS) is 9.27. The molecule has 0 bridgehead atoms. The van der Waals surface area contributed by atoms with E-state index in [-0.39, 0.29) is 0 Å². The third-order valence-electron chi connectivity index (χ3n) is 1.38. The molecule has 0 rings (SSSR count). The fourth-order valence-electron chi connectivity index (χ4n) is 0.727. The molecule has 0 fully saturated rings. The van der Waals surface area contributed by atoms with E-state index in [0.29, 0.717) is 12.2 Å². The Morgan fingerprint density at radius 1 is 0.773 bits per heavy atom. The Morgan fingerprint density at radius 2 is 1.09 bits per heavy atom. The summed E-state index contributed by atoms with van der Waals surface area (Å²) in [6.07, 6.45) is 1.33. The Labute approximate surface area is 123 Å². The summed E-state index contributed by atoms with van der Waals surface area (Å²) in [5, 5.41) is 31.7. The summed E-state index contributed by atoms with van der Waals surface area (Å²) >= 11 is 0. The molecule has 0 atom stereocenters. The minimum Gasteiger partial charge on any atom is -0.370 e. The smallest absolute Gasteiger partial charge is 0.356 e.